The normalized spacial score (nSPS) is 13.7. The molecule has 1 rings (SSSR count). The van der Waals surface area contributed by atoms with Crippen molar-refractivity contribution in [3.63, 3.8) is 0 Å². The number of halogens is 2. The van der Waals surface area contributed by atoms with E-state index in [1.807, 2.05) is 13.8 Å². The number of aliphatic hydroxyl groups is 1. The van der Waals surface area contributed by atoms with Crippen molar-refractivity contribution in [1.29, 1.82) is 0 Å². The maximum Gasteiger partial charge on any atom is 0.127 e. The predicted octanol–water partition coefficient (Wildman–Crippen LogP) is 3.59. The van der Waals surface area contributed by atoms with Crippen LogP contribution in [0.4, 0.5) is 4.39 Å². The first-order valence-electron chi connectivity index (χ1n) is 6.02. The summed E-state index contributed by atoms with van der Waals surface area (Å²) in [7, 11) is 1.64. The van der Waals surface area contributed by atoms with Crippen LogP contribution in [0.1, 0.15) is 32.3 Å². The molecule has 18 heavy (non-hydrogen) atoms. The van der Waals surface area contributed by atoms with Gasteiger partial charge in [-0.25, -0.2) is 4.39 Å². The molecule has 0 aromatic heterocycles. The Morgan fingerprint density at radius 3 is 2.67 bits per heavy atom. The van der Waals surface area contributed by atoms with E-state index >= 15 is 0 Å². The number of benzene rings is 1. The summed E-state index contributed by atoms with van der Waals surface area (Å²) in [6, 6.07) is 4.54. The first-order chi connectivity index (χ1) is 8.35. The lowest BCUT2D eigenvalue weighted by molar-refractivity contribution is 0.00301. The van der Waals surface area contributed by atoms with Crippen LogP contribution < -0.4 is 0 Å². The summed E-state index contributed by atoms with van der Waals surface area (Å²) in [6.45, 7) is 3.91. The summed E-state index contributed by atoms with van der Waals surface area (Å²) in [5.74, 6) is -0.368. The van der Waals surface area contributed by atoms with Crippen LogP contribution in [0.5, 0.6) is 0 Å². The molecule has 1 N–H and O–H groups in total. The van der Waals surface area contributed by atoms with Crippen molar-refractivity contribution in [3.05, 3.63) is 34.6 Å². The lowest BCUT2D eigenvalue weighted by atomic mass is 9.96. The molecule has 0 saturated carbocycles. The van der Waals surface area contributed by atoms with Crippen molar-refractivity contribution >= 4 is 11.6 Å². The minimum Gasteiger partial charge on any atom is -0.393 e. The van der Waals surface area contributed by atoms with Crippen molar-refractivity contribution < 1.29 is 14.2 Å². The average Bonchev–Trinajstić information content (AvgIpc) is 2.32. The number of hydrogen-bond donors (Lipinski definition) is 1. The molecule has 1 atom stereocenters. The Morgan fingerprint density at radius 1 is 1.44 bits per heavy atom. The van der Waals surface area contributed by atoms with Crippen molar-refractivity contribution in [1.82, 2.24) is 0 Å². The van der Waals surface area contributed by atoms with Gasteiger partial charge in [-0.05, 0) is 38.8 Å². The van der Waals surface area contributed by atoms with Crippen LogP contribution in [-0.4, -0.2) is 23.9 Å². The molecule has 0 saturated heterocycles. The molecule has 2 nitrogen and oxygen atoms in total. The zero-order chi connectivity index (χ0) is 13.8. The number of aliphatic hydroxyl groups excluding tert-OH is 1. The van der Waals surface area contributed by atoms with Crippen LogP contribution in [0.25, 0.3) is 0 Å². The Kier molecular flexibility index (Phi) is 5.57. The van der Waals surface area contributed by atoms with Crippen LogP contribution in [-0.2, 0) is 11.2 Å². The second-order valence-corrected chi connectivity index (χ2v) is 5.47. The highest BCUT2D eigenvalue weighted by molar-refractivity contribution is 6.31. The Labute approximate surface area is 113 Å². The van der Waals surface area contributed by atoms with Crippen molar-refractivity contribution in [2.24, 2.45) is 0 Å². The molecule has 0 aliphatic heterocycles. The van der Waals surface area contributed by atoms with Gasteiger partial charge in [-0.1, -0.05) is 17.7 Å². The van der Waals surface area contributed by atoms with Gasteiger partial charge in [-0.15, -0.1) is 0 Å². The maximum absolute atomic E-state index is 13.5. The number of ether oxygens (including phenoxy) is 1. The second kappa shape index (κ2) is 6.50. The van der Waals surface area contributed by atoms with Gasteiger partial charge in [0.15, 0.2) is 0 Å². The fraction of sp³-hybridized carbons (Fsp3) is 0.571. The van der Waals surface area contributed by atoms with Gasteiger partial charge in [-0.3, -0.25) is 0 Å². The largest absolute Gasteiger partial charge is 0.393 e. The lowest BCUT2D eigenvalue weighted by Crippen LogP contribution is -2.25. The van der Waals surface area contributed by atoms with Gasteiger partial charge in [0.05, 0.1) is 11.7 Å². The van der Waals surface area contributed by atoms with Gasteiger partial charge in [0.25, 0.3) is 0 Å². The Bertz CT molecular complexity index is 373. The minimum atomic E-state index is -0.617. The second-order valence-electron chi connectivity index (χ2n) is 5.06. The molecule has 102 valence electrons. The van der Waals surface area contributed by atoms with E-state index in [0.717, 1.165) is 0 Å². The summed E-state index contributed by atoms with van der Waals surface area (Å²) >= 11 is 5.92. The first-order valence-corrected chi connectivity index (χ1v) is 6.39. The summed E-state index contributed by atoms with van der Waals surface area (Å²) < 4.78 is 18.8. The highest BCUT2D eigenvalue weighted by atomic mass is 35.5. The summed E-state index contributed by atoms with van der Waals surface area (Å²) in [4.78, 5) is 0. The smallest absolute Gasteiger partial charge is 0.127 e. The highest BCUT2D eigenvalue weighted by Crippen LogP contribution is 2.23. The molecule has 1 aromatic rings. The van der Waals surface area contributed by atoms with Gasteiger partial charge in [0.1, 0.15) is 5.82 Å². The third kappa shape index (κ3) is 4.56. The van der Waals surface area contributed by atoms with Gasteiger partial charge >= 0.3 is 0 Å². The summed E-state index contributed by atoms with van der Waals surface area (Å²) in [5, 5.41) is 10.3. The third-order valence-electron chi connectivity index (χ3n) is 3.13. The van der Waals surface area contributed by atoms with E-state index in [-0.39, 0.29) is 17.8 Å². The van der Waals surface area contributed by atoms with E-state index in [1.165, 1.54) is 6.07 Å². The van der Waals surface area contributed by atoms with Crippen molar-refractivity contribution in [3.8, 4) is 0 Å². The zero-order valence-corrected chi connectivity index (χ0v) is 11.8. The fourth-order valence-corrected chi connectivity index (χ4v) is 1.92. The van der Waals surface area contributed by atoms with E-state index in [1.54, 1.807) is 19.2 Å². The van der Waals surface area contributed by atoms with Crippen LogP contribution in [0, 0.1) is 5.82 Å². The molecule has 0 heterocycles. The fourth-order valence-electron chi connectivity index (χ4n) is 1.68. The number of rotatable bonds is 6. The third-order valence-corrected chi connectivity index (χ3v) is 3.49. The molecule has 0 amide bonds. The average molecular weight is 275 g/mol. The summed E-state index contributed by atoms with van der Waals surface area (Å²) in [6.07, 6.45) is 0.863. The van der Waals surface area contributed by atoms with E-state index in [9.17, 15) is 9.50 Å². The van der Waals surface area contributed by atoms with Crippen LogP contribution in [0.15, 0.2) is 18.2 Å². The quantitative estimate of drug-likeness (QED) is 0.859. The van der Waals surface area contributed by atoms with Crippen LogP contribution in [0.3, 0.4) is 0 Å². The lowest BCUT2D eigenvalue weighted by Gasteiger charge is -2.24. The van der Waals surface area contributed by atoms with Gasteiger partial charge < -0.3 is 9.84 Å². The molecule has 0 fully saturated rings. The maximum atomic E-state index is 13.5. The molecule has 0 aliphatic carbocycles. The molecule has 0 radical (unpaired) electrons. The molecule has 0 spiro atoms. The minimum absolute atomic E-state index is 0.227. The Hall–Kier alpha value is -0.640. The zero-order valence-electron chi connectivity index (χ0n) is 11.0. The van der Waals surface area contributed by atoms with E-state index in [4.69, 9.17) is 16.3 Å². The topological polar surface area (TPSA) is 29.5 Å². The molecule has 1 unspecified atom stereocenters. The Morgan fingerprint density at radius 2 is 2.11 bits per heavy atom. The van der Waals surface area contributed by atoms with E-state index < -0.39 is 6.10 Å². The Balaban J connectivity index is 2.57. The molecule has 0 bridgehead atoms. The molecular weight excluding hydrogens is 255 g/mol. The SMILES string of the molecule is COC(C)(C)CCC(O)Cc1c(F)cccc1Cl. The molecule has 1 aromatic carbocycles. The van der Waals surface area contributed by atoms with Gasteiger partial charge in [0.2, 0.25) is 0 Å². The monoisotopic (exact) mass is 274 g/mol. The number of methoxy groups -OCH3 is 1. The molecule has 4 heteroatoms. The van der Waals surface area contributed by atoms with Gasteiger partial charge in [0, 0.05) is 24.1 Å². The van der Waals surface area contributed by atoms with Crippen LogP contribution >= 0.6 is 11.6 Å². The predicted molar refractivity (Wildman–Crippen MR) is 71.4 cm³/mol. The highest BCUT2D eigenvalue weighted by Gasteiger charge is 2.19. The number of hydrogen-bond acceptors (Lipinski definition) is 2. The summed E-state index contributed by atoms with van der Waals surface area (Å²) in [5.41, 5.74) is 0.0990. The van der Waals surface area contributed by atoms with E-state index in [0.29, 0.717) is 23.4 Å². The standard InChI is InChI=1S/C14H20ClFO2/c1-14(2,18-3)8-7-10(17)9-11-12(15)5-4-6-13(11)16/h4-6,10,17H,7-9H2,1-3H3. The molecule has 0 aliphatic rings. The van der Waals surface area contributed by atoms with Crippen molar-refractivity contribution in [2.75, 3.05) is 7.11 Å². The first kappa shape index (κ1) is 15.4. The van der Waals surface area contributed by atoms with Crippen LogP contribution in [0.2, 0.25) is 5.02 Å². The van der Waals surface area contributed by atoms with E-state index in [2.05, 4.69) is 0 Å². The van der Waals surface area contributed by atoms with Gasteiger partial charge in [-0.2, -0.15) is 0 Å². The van der Waals surface area contributed by atoms with Crippen molar-refractivity contribution in [2.45, 2.75) is 44.8 Å². The molecular formula is C14H20ClFO2.